The van der Waals surface area contributed by atoms with Crippen LogP contribution in [0, 0.1) is 6.92 Å². The standard InChI is InChI=1S/C29H26N6O2/c1-17-24-11-19(14-33-29(24)35-34-17)25-12-21(15-32-28(25)23-7-3-5-9-27(23)36)37-16-20(30)10-18-13-31-26-8-4-2-6-22(18)26/h2-9,11-15,20,31,36H,10,16,30H2,1H3,(H,33,34,35)/t20-/m1/s1. The van der Waals surface area contributed by atoms with Crippen LogP contribution in [0.5, 0.6) is 11.5 Å². The highest BCUT2D eigenvalue weighted by molar-refractivity contribution is 5.89. The van der Waals surface area contributed by atoms with Gasteiger partial charge >= 0.3 is 0 Å². The third-order valence-corrected chi connectivity index (χ3v) is 6.56. The number of aryl methyl sites for hydroxylation is 1. The van der Waals surface area contributed by atoms with E-state index in [9.17, 15) is 5.11 Å². The van der Waals surface area contributed by atoms with Crippen LogP contribution in [0.3, 0.4) is 0 Å². The first-order chi connectivity index (χ1) is 18.1. The zero-order valence-electron chi connectivity index (χ0n) is 20.3. The van der Waals surface area contributed by atoms with Crippen molar-refractivity contribution in [2.75, 3.05) is 6.61 Å². The lowest BCUT2D eigenvalue weighted by Crippen LogP contribution is -2.30. The number of rotatable bonds is 7. The molecule has 0 fully saturated rings. The molecule has 0 aliphatic rings. The van der Waals surface area contributed by atoms with Gasteiger partial charge in [-0.3, -0.25) is 10.1 Å². The van der Waals surface area contributed by atoms with Gasteiger partial charge in [-0.15, -0.1) is 0 Å². The number of aromatic amines is 2. The van der Waals surface area contributed by atoms with Crippen molar-refractivity contribution in [2.24, 2.45) is 5.73 Å². The number of nitrogens with zero attached hydrogens (tertiary/aromatic N) is 3. The molecule has 6 aromatic rings. The minimum Gasteiger partial charge on any atom is -0.507 e. The predicted octanol–water partition coefficient (Wildman–Crippen LogP) is 5.13. The highest BCUT2D eigenvalue weighted by Crippen LogP contribution is 2.37. The molecular weight excluding hydrogens is 464 g/mol. The van der Waals surface area contributed by atoms with Gasteiger partial charge in [0.15, 0.2) is 5.65 Å². The van der Waals surface area contributed by atoms with Crippen molar-refractivity contribution < 1.29 is 9.84 Å². The number of nitrogens with one attached hydrogen (secondary N) is 2. The average molecular weight is 491 g/mol. The zero-order valence-corrected chi connectivity index (χ0v) is 20.3. The van der Waals surface area contributed by atoms with Gasteiger partial charge in [0, 0.05) is 51.4 Å². The number of aromatic hydroxyl groups is 1. The predicted molar refractivity (Wildman–Crippen MR) is 144 cm³/mol. The van der Waals surface area contributed by atoms with Crippen molar-refractivity contribution in [3.8, 4) is 33.9 Å². The van der Waals surface area contributed by atoms with Crippen LogP contribution in [-0.4, -0.2) is 42.9 Å². The van der Waals surface area contributed by atoms with E-state index in [0.717, 1.165) is 33.3 Å². The maximum Gasteiger partial charge on any atom is 0.155 e. The van der Waals surface area contributed by atoms with E-state index in [0.29, 0.717) is 35.7 Å². The Morgan fingerprint density at radius 2 is 1.81 bits per heavy atom. The first-order valence-electron chi connectivity index (χ1n) is 12.1. The zero-order chi connectivity index (χ0) is 25.4. The Labute approximate surface area is 213 Å². The Hall–Kier alpha value is -4.69. The van der Waals surface area contributed by atoms with E-state index in [1.54, 1.807) is 24.5 Å². The van der Waals surface area contributed by atoms with Crippen LogP contribution < -0.4 is 10.5 Å². The highest BCUT2D eigenvalue weighted by Gasteiger charge is 2.17. The van der Waals surface area contributed by atoms with Gasteiger partial charge in [-0.1, -0.05) is 30.3 Å². The Morgan fingerprint density at radius 1 is 0.973 bits per heavy atom. The van der Waals surface area contributed by atoms with Gasteiger partial charge in [-0.25, -0.2) is 4.98 Å². The Kier molecular flexibility index (Phi) is 5.78. The van der Waals surface area contributed by atoms with Crippen LogP contribution in [0.4, 0.5) is 0 Å². The smallest absolute Gasteiger partial charge is 0.155 e. The van der Waals surface area contributed by atoms with E-state index in [4.69, 9.17) is 10.5 Å². The summed E-state index contributed by atoms with van der Waals surface area (Å²) >= 11 is 0. The molecule has 0 saturated heterocycles. The van der Waals surface area contributed by atoms with Gasteiger partial charge in [0.25, 0.3) is 0 Å². The van der Waals surface area contributed by atoms with Gasteiger partial charge in [-0.2, -0.15) is 5.10 Å². The van der Waals surface area contributed by atoms with Crippen molar-refractivity contribution in [1.29, 1.82) is 0 Å². The van der Waals surface area contributed by atoms with Gasteiger partial charge < -0.3 is 20.6 Å². The molecule has 8 nitrogen and oxygen atoms in total. The number of phenols is 1. The average Bonchev–Trinajstić information content (AvgIpc) is 3.51. The lowest BCUT2D eigenvalue weighted by molar-refractivity contribution is 0.287. The van der Waals surface area contributed by atoms with Crippen molar-refractivity contribution >= 4 is 21.9 Å². The molecule has 0 spiro atoms. The van der Waals surface area contributed by atoms with Crippen molar-refractivity contribution in [1.82, 2.24) is 25.1 Å². The van der Waals surface area contributed by atoms with Crippen molar-refractivity contribution in [3.63, 3.8) is 0 Å². The number of hydrogen-bond acceptors (Lipinski definition) is 6. The summed E-state index contributed by atoms with van der Waals surface area (Å²) in [6.07, 6.45) is 6.12. The molecule has 6 rings (SSSR count). The van der Waals surface area contributed by atoms with Crippen LogP contribution in [0.2, 0.25) is 0 Å². The molecule has 8 heteroatoms. The molecule has 4 aromatic heterocycles. The molecule has 1 atom stereocenters. The molecule has 37 heavy (non-hydrogen) atoms. The van der Waals surface area contributed by atoms with Gasteiger partial charge in [0.1, 0.15) is 18.1 Å². The fourth-order valence-electron chi connectivity index (χ4n) is 4.65. The third-order valence-electron chi connectivity index (χ3n) is 6.56. The molecule has 0 unspecified atom stereocenters. The monoisotopic (exact) mass is 490 g/mol. The number of aromatic nitrogens is 5. The van der Waals surface area contributed by atoms with Crippen molar-refractivity contribution in [2.45, 2.75) is 19.4 Å². The molecule has 5 N–H and O–H groups in total. The van der Waals surface area contributed by atoms with E-state index in [1.165, 1.54) is 5.39 Å². The molecule has 0 bridgehead atoms. The summed E-state index contributed by atoms with van der Waals surface area (Å²) in [4.78, 5) is 12.5. The number of benzene rings is 2. The van der Waals surface area contributed by atoms with Crippen LogP contribution in [0.15, 0.2) is 79.3 Å². The number of hydrogen-bond donors (Lipinski definition) is 4. The van der Waals surface area contributed by atoms with E-state index in [1.807, 2.05) is 49.5 Å². The topological polar surface area (TPSA) is 126 Å². The number of para-hydroxylation sites is 2. The van der Waals surface area contributed by atoms with Crippen LogP contribution in [0.25, 0.3) is 44.3 Å². The van der Waals surface area contributed by atoms with Gasteiger partial charge in [-0.05, 0) is 49.2 Å². The third kappa shape index (κ3) is 4.39. The molecule has 2 aromatic carbocycles. The quantitative estimate of drug-likeness (QED) is 0.246. The van der Waals surface area contributed by atoms with E-state index < -0.39 is 0 Å². The molecule has 0 radical (unpaired) electrons. The molecule has 4 heterocycles. The van der Waals surface area contributed by atoms with E-state index in [2.05, 4.69) is 37.3 Å². The summed E-state index contributed by atoms with van der Waals surface area (Å²) in [5, 5.41) is 19.8. The lowest BCUT2D eigenvalue weighted by atomic mass is 9.99. The minimum absolute atomic E-state index is 0.152. The largest absolute Gasteiger partial charge is 0.507 e. The maximum absolute atomic E-state index is 10.5. The number of ether oxygens (including phenoxy) is 1. The summed E-state index contributed by atoms with van der Waals surface area (Å²) in [6, 6.07) is 19.1. The second kappa shape index (κ2) is 9.40. The summed E-state index contributed by atoms with van der Waals surface area (Å²) in [5.41, 5.74) is 13.2. The summed E-state index contributed by atoms with van der Waals surface area (Å²) in [6.45, 7) is 2.26. The SMILES string of the molecule is Cc1n[nH]c2ncc(-c3cc(OC[C@H](N)Cc4c[nH]c5ccccc45)cnc3-c3ccccc3O)cc12. The van der Waals surface area contributed by atoms with Crippen LogP contribution >= 0.6 is 0 Å². The van der Waals surface area contributed by atoms with E-state index in [-0.39, 0.29) is 11.8 Å². The Balaban J connectivity index is 1.31. The second-order valence-electron chi connectivity index (χ2n) is 9.15. The maximum atomic E-state index is 10.5. The first-order valence-corrected chi connectivity index (χ1v) is 12.1. The first kappa shape index (κ1) is 22.8. The number of nitrogens with two attached hydrogens (primary N) is 1. The number of H-pyrrole nitrogens is 2. The van der Waals surface area contributed by atoms with Crippen molar-refractivity contribution in [3.05, 3.63) is 90.5 Å². The van der Waals surface area contributed by atoms with Crippen LogP contribution in [-0.2, 0) is 6.42 Å². The molecule has 184 valence electrons. The van der Waals surface area contributed by atoms with E-state index >= 15 is 0 Å². The molecule has 0 aliphatic heterocycles. The minimum atomic E-state index is -0.202. The fraction of sp³-hybridized carbons (Fsp3) is 0.138. The highest BCUT2D eigenvalue weighted by atomic mass is 16.5. The lowest BCUT2D eigenvalue weighted by Gasteiger charge is -2.16. The normalized spacial score (nSPS) is 12.3. The summed E-state index contributed by atoms with van der Waals surface area (Å²) in [7, 11) is 0. The summed E-state index contributed by atoms with van der Waals surface area (Å²) < 4.78 is 6.11. The molecule has 0 amide bonds. The second-order valence-corrected chi connectivity index (χ2v) is 9.15. The number of phenolic OH excluding ortho intramolecular Hbond substituents is 1. The summed E-state index contributed by atoms with van der Waals surface area (Å²) in [5.74, 6) is 0.742. The number of fused-ring (bicyclic) bond motifs is 2. The Morgan fingerprint density at radius 3 is 2.70 bits per heavy atom. The van der Waals surface area contributed by atoms with Gasteiger partial charge in [0.2, 0.25) is 0 Å². The van der Waals surface area contributed by atoms with Crippen LogP contribution in [0.1, 0.15) is 11.3 Å². The molecule has 0 aliphatic carbocycles. The van der Waals surface area contributed by atoms with Gasteiger partial charge in [0.05, 0.1) is 17.6 Å². The fourth-order valence-corrected chi connectivity index (χ4v) is 4.65. The molecule has 0 saturated carbocycles. The Bertz CT molecular complexity index is 1720. The number of pyridine rings is 2. The molecular formula is C29H26N6O2.